The fraction of sp³-hybridized carbons (Fsp3) is 0.409. The van der Waals surface area contributed by atoms with Gasteiger partial charge in [0.2, 0.25) is 0 Å². The zero-order valence-corrected chi connectivity index (χ0v) is 16.5. The van der Waals surface area contributed by atoms with E-state index in [2.05, 4.69) is 52.2 Å². The number of nitrogens with zero attached hydrogens (tertiary/aromatic N) is 5. The van der Waals surface area contributed by atoms with Crippen LogP contribution in [0.25, 0.3) is 11.4 Å². The summed E-state index contributed by atoms with van der Waals surface area (Å²) >= 11 is 0. The first-order valence-electron chi connectivity index (χ1n) is 9.95. The first kappa shape index (κ1) is 18.6. The Bertz CT molecular complexity index is 893. The Morgan fingerprint density at radius 3 is 2.89 bits per heavy atom. The summed E-state index contributed by atoms with van der Waals surface area (Å²) in [5.41, 5.74) is 2.98. The third kappa shape index (κ3) is 4.57. The van der Waals surface area contributed by atoms with Gasteiger partial charge in [0, 0.05) is 25.8 Å². The Morgan fingerprint density at radius 2 is 2.07 bits per heavy atom. The standard InChI is InChI=1S/C22H27N5O/c1-17(2)16-28-20-7-5-6-18(12-20)13-26-11-9-19(14-26)27-15-22(24-25-27)21-8-3-4-10-23-21/h3-8,10,12,15,17,19H,9,11,13-14,16H2,1-2H3. The molecule has 6 heteroatoms. The lowest BCUT2D eigenvalue weighted by Gasteiger charge is -2.17. The van der Waals surface area contributed by atoms with E-state index in [-0.39, 0.29) is 0 Å². The van der Waals surface area contributed by atoms with E-state index in [1.165, 1.54) is 5.56 Å². The molecule has 1 aliphatic heterocycles. The second-order valence-electron chi connectivity index (χ2n) is 7.83. The Morgan fingerprint density at radius 1 is 1.14 bits per heavy atom. The lowest BCUT2D eigenvalue weighted by atomic mass is 10.2. The van der Waals surface area contributed by atoms with E-state index >= 15 is 0 Å². The molecule has 1 aromatic carbocycles. The van der Waals surface area contributed by atoms with Gasteiger partial charge in [0.25, 0.3) is 0 Å². The molecule has 3 aromatic rings. The molecule has 0 amide bonds. The average Bonchev–Trinajstić information content (AvgIpc) is 3.37. The molecule has 1 unspecified atom stereocenters. The molecular weight excluding hydrogens is 350 g/mol. The van der Waals surface area contributed by atoms with Gasteiger partial charge in [-0.2, -0.15) is 0 Å². The van der Waals surface area contributed by atoms with Gasteiger partial charge in [-0.3, -0.25) is 9.88 Å². The quantitative estimate of drug-likeness (QED) is 0.626. The van der Waals surface area contributed by atoms with Gasteiger partial charge in [0.1, 0.15) is 11.4 Å². The molecule has 4 rings (SSSR count). The SMILES string of the molecule is CC(C)COc1cccc(CN2CCC(n3cc(-c4ccccn4)nn3)C2)c1. The molecule has 0 bridgehead atoms. The van der Waals surface area contributed by atoms with Gasteiger partial charge in [-0.25, -0.2) is 4.68 Å². The highest BCUT2D eigenvalue weighted by molar-refractivity contribution is 5.51. The van der Waals surface area contributed by atoms with Crippen LogP contribution in [-0.2, 0) is 6.54 Å². The number of hydrogen-bond donors (Lipinski definition) is 0. The van der Waals surface area contributed by atoms with E-state index in [1.807, 2.05) is 35.1 Å². The van der Waals surface area contributed by atoms with E-state index in [9.17, 15) is 0 Å². The zero-order valence-electron chi connectivity index (χ0n) is 16.5. The number of likely N-dealkylation sites (tertiary alicyclic amines) is 1. The molecule has 2 aromatic heterocycles. The molecule has 0 spiro atoms. The Labute approximate surface area is 166 Å². The van der Waals surface area contributed by atoms with Crippen LogP contribution in [0.5, 0.6) is 5.75 Å². The van der Waals surface area contributed by atoms with Crippen molar-refractivity contribution in [2.45, 2.75) is 32.9 Å². The topological polar surface area (TPSA) is 56.1 Å². The minimum Gasteiger partial charge on any atom is -0.493 e. The van der Waals surface area contributed by atoms with E-state index in [1.54, 1.807) is 6.20 Å². The zero-order chi connectivity index (χ0) is 19.3. The highest BCUT2D eigenvalue weighted by atomic mass is 16.5. The lowest BCUT2D eigenvalue weighted by Crippen LogP contribution is -2.21. The van der Waals surface area contributed by atoms with Gasteiger partial charge in [-0.1, -0.05) is 37.3 Å². The number of aromatic nitrogens is 4. The minimum absolute atomic E-state index is 0.352. The Balaban J connectivity index is 1.36. The maximum Gasteiger partial charge on any atom is 0.131 e. The predicted molar refractivity (Wildman–Crippen MR) is 109 cm³/mol. The molecular formula is C22H27N5O. The third-order valence-electron chi connectivity index (χ3n) is 4.95. The molecule has 0 N–H and O–H groups in total. The van der Waals surface area contributed by atoms with Crippen molar-refractivity contribution in [1.29, 1.82) is 0 Å². The van der Waals surface area contributed by atoms with Crippen LogP contribution >= 0.6 is 0 Å². The molecule has 1 fully saturated rings. The fourth-order valence-electron chi connectivity index (χ4n) is 3.51. The molecule has 3 heterocycles. The number of rotatable bonds is 7. The van der Waals surface area contributed by atoms with Crippen LogP contribution in [0.2, 0.25) is 0 Å². The smallest absolute Gasteiger partial charge is 0.131 e. The predicted octanol–water partition coefficient (Wildman–Crippen LogP) is 3.82. The van der Waals surface area contributed by atoms with E-state index in [0.717, 1.165) is 49.8 Å². The average molecular weight is 377 g/mol. The van der Waals surface area contributed by atoms with Crippen molar-refractivity contribution in [3.05, 3.63) is 60.4 Å². The molecule has 1 aliphatic rings. The van der Waals surface area contributed by atoms with Gasteiger partial charge in [-0.15, -0.1) is 5.10 Å². The fourth-order valence-corrected chi connectivity index (χ4v) is 3.51. The second kappa shape index (κ2) is 8.52. The minimum atomic E-state index is 0.352. The maximum atomic E-state index is 5.86. The highest BCUT2D eigenvalue weighted by Gasteiger charge is 2.25. The van der Waals surface area contributed by atoms with Crippen LogP contribution in [0.1, 0.15) is 31.9 Å². The van der Waals surface area contributed by atoms with E-state index in [0.29, 0.717) is 12.0 Å². The van der Waals surface area contributed by atoms with Crippen molar-refractivity contribution in [1.82, 2.24) is 24.9 Å². The number of pyridine rings is 1. The largest absolute Gasteiger partial charge is 0.493 e. The molecule has 0 radical (unpaired) electrons. The third-order valence-corrected chi connectivity index (χ3v) is 4.95. The summed E-state index contributed by atoms with van der Waals surface area (Å²) in [7, 11) is 0. The van der Waals surface area contributed by atoms with Crippen molar-refractivity contribution in [2.24, 2.45) is 5.92 Å². The molecule has 0 saturated carbocycles. The maximum absolute atomic E-state index is 5.86. The van der Waals surface area contributed by atoms with Crippen LogP contribution in [0, 0.1) is 5.92 Å². The van der Waals surface area contributed by atoms with Crippen molar-refractivity contribution < 1.29 is 4.74 Å². The number of benzene rings is 1. The molecule has 1 atom stereocenters. The van der Waals surface area contributed by atoms with Gasteiger partial charge < -0.3 is 4.74 Å². The Hall–Kier alpha value is -2.73. The van der Waals surface area contributed by atoms with E-state index < -0.39 is 0 Å². The lowest BCUT2D eigenvalue weighted by molar-refractivity contribution is 0.269. The number of hydrogen-bond acceptors (Lipinski definition) is 5. The van der Waals surface area contributed by atoms with Gasteiger partial charge >= 0.3 is 0 Å². The van der Waals surface area contributed by atoms with Crippen LogP contribution in [0.15, 0.2) is 54.9 Å². The van der Waals surface area contributed by atoms with Crippen molar-refractivity contribution in [3.8, 4) is 17.1 Å². The van der Waals surface area contributed by atoms with Gasteiger partial charge in [0.05, 0.1) is 24.5 Å². The molecule has 146 valence electrons. The molecule has 0 aliphatic carbocycles. The summed E-state index contributed by atoms with van der Waals surface area (Å²) in [4.78, 5) is 6.82. The molecule has 28 heavy (non-hydrogen) atoms. The van der Waals surface area contributed by atoms with Gasteiger partial charge in [-0.05, 0) is 42.2 Å². The van der Waals surface area contributed by atoms with Crippen LogP contribution in [0.3, 0.4) is 0 Å². The Kier molecular flexibility index (Phi) is 5.67. The van der Waals surface area contributed by atoms with Crippen molar-refractivity contribution in [3.63, 3.8) is 0 Å². The summed E-state index contributed by atoms with van der Waals surface area (Å²) in [5.74, 6) is 1.49. The van der Waals surface area contributed by atoms with Crippen molar-refractivity contribution >= 4 is 0 Å². The van der Waals surface area contributed by atoms with E-state index in [4.69, 9.17) is 4.74 Å². The summed E-state index contributed by atoms with van der Waals surface area (Å²) in [6.07, 6.45) is 4.87. The summed E-state index contributed by atoms with van der Waals surface area (Å²) in [5, 5.41) is 8.65. The van der Waals surface area contributed by atoms with Crippen molar-refractivity contribution in [2.75, 3.05) is 19.7 Å². The second-order valence-corrected chi connectivity index (χ2v) is 7.83. The number of ether oxygens (including phenoxy) is 1. The monoisotopic (exact) mass is 377 g/mol. The summed E-state index contributed by atoms with van der Waals surface area (Å²) in [6.45, 7) is 8.04. The first-order valence-corrected chi connectivity index (χ1v) is 9.95. The highest BCUT2D eigenvalue weighted by Crippen LogP contribution is 2.25. The summed E-state index contributed by atoms with van der Waals surface area (Å²) < 4.78 is 7.85. The molecule has 1 saturated heterocycles. The van der Waals surface area contributed by atoms with Gasteiger partial charge in [0.15, 0.2) is 0 Å². The normalized spacial score (nSPS) is 17.3. The van der Waals surface area contributed by atoms with Crippen LogP contribution in [-0.4, -0.2) is 44.6 Å². The first-order chi connectivity index (χ1) is 13.7. The van der Waals surface area contributed by atoms with Crippen LogP contribution < -0.4 is 4.74 Å². The van der Waals surface area contributed by atoms with Crippen LogP contribution in [0.4, 0.5) is 0 Å². The summed E-state index contributed by atoms with van der Waals surface area (Å²) in [6, 6.07) is 14.6. The molecule has 6 nitrogen and oxygen atoms in total.